The maximum absolute atomic E-state index is 12.0. The molecule has 0 atom stereocenters. The average molecular weight is 358 g/mol. The summed E-state index contributed by atoms with van der Waals surface area (Å²) in [5, 5.41) is 0. The molecule has 138 valence electrons. The van der Waals surface area contributed by atoms with E-state index in [2.05, 4.69) is 0 Å². The molecule has 0 bridgehead atoms. The molecule has 0 N–H and O–H groups in total. The van der Waals surface area contributed by atoms with Gasteiger partial charge in [0.15, 0.2) is 0 Å². The summed E-state index contributed by atoms with van der Waals surface area (Å²) in [6.07, 6.45) is 0.0409. The summed E-state index contributed by atoms with van der Waals surface area (Å²) in [4.78, 5) is 43.6. The van der Waals surface area contributed by atoms with Gasteiger partial charge in [-0.05, 0) is 38.1 Å². The number of rotatable bonds is 8. The van der Waals surface area contributed by atoms with Crippen LogP contribution in [0.1, 0.15) is 51.6 Å². The van der Waals surface area contributed by atoms with Gasteiger partial charge in [0.05, 0.1) is 11.1 Å². The molecule has 0 aliphatic rings. The zero-order valence-electron chi connectivity index (χ0n) is 15.1. The molecule has 0 aromatic heterocycles. The second kappa shape index (κ2) is 9.70. The SMILES string of the molecule is CCCC(OOC(=O)c1cccc(C)c1)OOC(=O)c1cccc(C)c1. The lowest BCUT2D eigenvalue weighted by Crippen LogP contribution is -2.22. The Morgan fingerprint density at radius 3 is 1.69 bits per heavy atom. The van der Waals surface area contributed by atoms with Gasteiger partial charge in [0, 0.05) is 6.42 Å². The third-order valence-electron chi connectivity index (χ3n) is 3.49. The predicted molar refractivity (Wildman–Crippen MR) is 94.1 cm³/mol. The van der Waals surface area contributed by atoms with E-state index >= 15 is 0 Å². The first kappa shape index (κ1) is 19.6. The van der Waals surface area contributed by atoms with Crippen LogP contribution in [-0.4, -0.2) is 18.2 Å². The molecular formula is C20H22O6. The van der Waals surface area contributed by atoms with Gasteiger partial charge in [0.1, 0.15) is 0 Å². The second-order valence-electron chi connectivity index (χ2n) is 5.89. The van der Waals surface area contributed by atoms with E-state index in [-0.39, 0.29) is 0 Å². The zero-order chi connectivity index (χ0) is 18.9. The summed E-state index contributed by atoms with van der Waals surface area (Å²) in [7, 11) is 0. The van der Waals surface area contributed by atoms with Crippen molar-refractivity contribution in [1.82, 2.24) is 0 Å². The molecule has 0 heterocycles. The van der Waals surface area contributed by atoms with E-state index in [0.29, 0.717) is 24.0 Å². The molecule has 0 saturated carbocycles. The Hall–Kier alpha value is -2.70. The third-order valence-corrected chi connectivity index (χ3v) is 3.49. The van der Waals surface area contributed by atoms with Crippen LogP contribution in [0.4, 0.5) is 0 Å². The van der Waals surface area contributed by atoms with Crippen LogP contribution in [0, 0.1) is 13.8 Å². The van der Waals surface area contributed by atoms with Gasteiger partial charge in [0.2, 0.25) is 6.29 Å². The minimum atomic E-state index is -1.01. The van der Waals surface area contributed by atoms with Gasteiger partial charge >= 0.3 is 11.9 Å². The Balaban J connectivity index is 1.88. The smallest absolute Gasteiger partial charge is 0.290 e. The Kier molecular flexibility index (Phi) is 7.32. The summed E-state index contributed by atoms with van der Waals surface area (Å²) in [6, 6.07) is 13.8. The minimum absolute atomic E-state index is 0.358. The van der Waals surface area contributed by atoms with E-state index < -0.39 is 18.2 Å². The number of carbonyl (C=O) groups is 2. The Labute approximate surface area is 152 Å². The van der Waals surface area contributed by atoms with E-state index in [0.717, 1.165) is 11.1 Å². The molecule has 6 nitrogen and oxygen atoms in total. The standard InChI is InChI=1S/C20H22O6/c1-4-7-18(23-25-19(21)16-10-5-8-14(2)12-16)24-26-20(22)17-11-6-9-15(3)13-17/h5-6,8-13,18H,4,7H2,1-3H3. The lowest BCUT2D eigenvalue weighted by atomic mass is 10.1. The largest absolute Gasteiger partial charge is 0.373 e. The van der Waals surface area contributed by atoms with Crippen LogP contribution in [0.25, 0.3) is 0 Å². The number of benzene rings is 2. The van der Waals surface area contributed by atoms with Gasteiger partial charge in [-0.15, -0.1) is 9.78 Å². The van der Waals surface area contributed by atoms with Crippen LogP contribution in [0.5, 0.6) is 0 Å². The Morgan fingerprint density at radius 1 is 0.846 bits per heavy atom. The highest BCUT2D eigenvalue weighted by molar-refractivity contribution is 5.89. The van der Waals surface area contributed by atoms with Crippen molar-refractivity contribution in [3.63, 3.8) is 0 Å². The summed E-state index contributed by atoms with van der Waals surface area (Å²) in [6.45, 7) is 5.63. The maximum Gasteiger partial charge on any atom is 0.373 e. The van der Waals surface area contributed by atoms with E-state index in [1.54, 1.807) is 36.4 Å². The van der Waals surface area contributed by atoms with Crippen LogP contribution in [-0.2, 0) is 19.6 Å². The van der Waals surface area contributed by atoms with Crippen LogP contribution in [0.2, 0.25) is 0 Å². The van der Waals surface area contributed by atoms with Crippen LogP contribution in [0.15, 0.2) is 48.5 Å². The lowest BCUT2D eigenvalue weighted by Gasteiger charge is -2.14. The Morgan fingerprint density at radius 2 is 1.31 bits per heavy atom. The van der Waals surface area contributed by atoms with Gasteiger partial charge in [-0.1, -0.05) is 48.7 Å². The van der Waals surface area contributed by atoms with E-state index in [9.17, 15) is 9.59 Å². The molecule has 6 heteroatoms. The summed E-state index contributed by atoms with van der Waals surface area (Å²) < 4.78 is 0. The summed E-state index contributed by atoms with van der Waals surface area (Å²) >= 11 is 0. The first-order valence-corrected chi connectivity index (χ1v) is 8.38. The number of carbonyl (C=O) groups excluding carboxylic acids is 2. The molecule has 0 amide bonds. The molecule has 26 heavy (non-hydrogen) atoms. The van der Waals surface area contributed by atoms with Crippen molar-refractivity contribution >= 4 is 11.9 Å². The van der Waals surface area contributed by atoms with E-state index in [1.807, 2.05) is 32.9 Å². The van der Waals surface area contributed by atoms with Gasteiger partial charge in [0.25, 0.3) is 0 Å². The predicted octanol–water partition coefficient (Wildman–Crippen LogP) is 4.31. The highest BCUT2D eigenvalue weighted by Gasteiger charge is 2.19. The molecule has 2 rings (SSSR count). The zero-order valence-corrected chi connectivity index (χ0v) is 15.1. The third kappa shape index (κ3) is 5.98. The molecule has 0 aliphatic carbocycles. The van der Waals surface area contributed by atoms with Gasteiger partial charge in [-0.3, -0.25) is 9.78 Å². The topological polar surface area (TPSA) is 71.1 Å². The fourth-order valence-corrected chi connectivity index (χ4v) is 2.18. The Bertz CT molecular complexity index is 694. The fourth-order valence-electron chi connectivity index (χ4n) is 2.18. The molecule has 2 aromatic carbocycles. The summed E-state index contributed by atoms with van der Waals surface area (Å²) in [5.41, 5.74) is 2.56. The molecule has 0 saturated heterocycles. The molecule has 0 spiro atoms. The van der Waals surface area contributed by atoms with Crippen LogP contribution < -0.4 is 0 Å². The van der Waals surface area contributed by atoms with E-state index in [4.69, 9.17) is 19.6 Å². The molecule has 0 radical (unpaired) electrons. The molecule has 0 unspecified atom stereocenters. The maximum atomic E-state index is 12.0. The minimum Gasteiger partial charge on any atom is -0.290 e. The monoisotopic (exact) mass is 358 g/mol. The van der Waals surface area contributed by atoms with Crippen molar-refractivity contribution < 1.29 is 29.1 Å². The first-order chi connectivity index (χ1) is 12.5. The normalized spacial score (nSPS) is 10.6. The van der Waals surface area contributed by atoms with Crippen LogP contribution >= 0.6 is 0 Å². The molecule has 0 aliphatic heterocycles. The van der Waals surface area contributed by atoms with Crippen molar-refractivity contribution in [2.24, 2.45) is 0 Å². The molecule has 2 aromatic rings. The molecule has 0 fully saturated rings. The summed E-state index contributed by atoms with van der Waals surface area (Å²) in [5.74, 6) is -1.30. The van der Waals surface area contributed by atoms with Gasteiger partial charge in [-0.2, -0.15) is 0 Å². The number of hydrogen-bond acceptors (Lipinski definition) is 6. The van der Waals surface area contributed by atoms with Crippen molar-refractivity contribution in [2.45, 2.75) is 39.9 Å². The second-order valence-corrected chi connectivity index (χ2v) is 5.89. The number of hydrogen-bond donors (Lipinski definition) is 0. The van der Waals surface area contributed by atoms with Crippen LogP contribution in [0.3, 0.4) is 0 Å². The van der Waals surface area contributed by atoms with E-state index in [1.165, 1.54) is 0 Å². The highest BCUT2D eigenvalue weighted by Crippen LogP contribution is 2.12. The quantitative estimate of drug-likeness (QED) is 0.398. The van der Waals surface area contributed by atoms with Crippen molar-refractivity contribution in [3.8, 4) is 0 Å². The fraction of sp³-hybridized carbons (Fsp3) is 0.300. The van der Waals surface area contributed by atoms with Crippen molar-refractivity contribution in [3.05, 3.63) is 70.8 Å². The van der Waals surface area contributed by atoms with Gasteiger partial charge in [-0.25, -0.2) is 9.59 Å². The lowest BCUT2D eigenvalue weighted by molar-refractivity contribution is -0.421. The highest BCUT2D eigenvalue weighted by atomic mass is 17.3. The van der Waals surface area contributed by atoms with Gasteiger partial charge < -0.3 is 0 Å². The number of aryl methyl sites for hydroxylation is 2. The van der Waals surface area contributed by atoms with Crippen molar-refractivity contribution in [1.29, 1.82) is 0 Å². The van der Waals surface area contributed by atoms with Crippen molar-refractivity contribution in [2.75, 3.05) is 0 Å². The average Bonchev–Trinajstić information content (AvgIpc) is 2.63. The molecular weight excluding hydrogens is 336 g/mol. The first-order valence-electron chi connectivity index (χ1n) is 8.38.